The number of rotatable bonds is 8. The molecule has 0 saturated carbocycles. The van der Waals surface area contributed by atoms with E-state index in [-0.39, 0.29) is 24.5 Å². The van der Waals surface area contributed by atoms with Gasteiger partial charge < -0.3 is 15.2 Å². The standard InChI is InChI=1S/C17H27NO3/c1-5-15(21-16-9-7-6-8-13(16)4)17(20)18-14(10-11-19)12(2)3/h6-9,12,14-15,19H,5,10-11H2,1-4H3,(H,18,20). The van der Waals surface area contributed by atoms with Gasteiger partial charge >= 0.3 is 0 Å². The number of carbonyl (C=O) groups excluding carboxylic acids is 1. The fourth-order valence-corrected chi connectivity index (χ4v) is 2.15. The minimum Gasteiger partial charge on any atom is -0.480 e. The SMILES string of the molecule is CCC(Oc1ccccc1C)C(=O)NC(CCO)C(C)C. The third kappa shape index (κ3) is 5.38. The Labute approximate surface area is 127 Å². The maximum absolute atomic E-state index is 12.4. The molecule has 0 aliphatic rings. The van der Waals surface area contributed by atoms with Gasteiger partial charge in [0.25, 0.3) is 5.91 Å². The largest absolute Gasteiger partial charge is 0.480 e. The molecule has 0 saturated heterocycles. The fraction of sp³-hybridized carbons (Fsp3) is 0.588. The highest BCUT2D eigenvalue weighted by Crippen LogP contribution is 2.19. The Morgan fingerprint density at radius 1 is 1.33 bits per heavy atom. The highest BCUT2D eigenvalue weighted by molar-refractivity contribution is 5.81. The lowest BCUT2D eigenvalue weighted by molar-refractivity contribution is -0.129. The van der Waals surface area contributed by atoms with Gasteiger partial charge in [-0.1, -0.05) is 39.0 Å². The molecule has 1 aromatic carbocycles. The molecule has 2 N–H and O–H groups in total. The van der Waals surface area contributed by atoms with Crippen LogP contribution in [0.5, 0.6) is 5.75 Å². The van der Waals surface area contributed by atoms with E-state index >= 15 is 0 Å². The smallest absolute Gasteiger partial charge is 0.261 e. The van der Waals surface area contributed by atoms with Crippen molar-refractivity contribution >= 4 is 5.91 Å². The normalized spacial score (nSPS) is 13.8. The van der Waals surface area contributed by atoms with Gasteiger partial charge in [0.1, 0.15) is 5.75 Å². The van der Waals surface area contributed by atoms with Gasteiger partial charge in [-0.3, -0.25) is 4.79 Å². The van der Waals surface area contributed by atoms with Gasteiger partial charge in [-0.2, -0.15) is 0 Å². The third-order valence-electron chi connectivity index (χ3n) is 3.60. The molecule has 0 aliphatic carbocycles. The number of carbonyl (C=O) groups is 1. The van der Waals surface area contributed by atoms with E-state index in [4.69, 9.17) is 9.84 Å². The van der Waals surface area contributed by atoms with Crippen molar-refractivity contribution in [3.63, 3.8) is 0 Å². The van der Waals surface area contributed by atoms with Crippen LogP contribution in [0.25, 0.3) is 0 Å². The van der Waals surface area contributed by atoms with Crippen LogP contribution in [0.2, 0.25) is 0 Å². The second-order valence-electron chi connectivity index (χ2n) is 5.65. The number of benzene rings is 1. The average Bonchev–Trinajstić information content (AvgIpc) is 2.45. The van der Waals surface area contributed by atoms with E-state index in [1.54, 1.807) is 0 Å². The predicted molar refractivity (Wildman–Crippen MR) is 84.4 cm³/mol. The zero-order valence-corrected chi connectivity index (χ0v) is 13.4. The molecule has 0 aliphatic heterocycles. The number of hydrogen-bond acceptors (Lipinski definition) is 3. The lowest BCUT2D eigenvalue weighted by Crippen LogP contribution is -2.46. The van der Waals surface area contributed by atoms with Crippen LogP contribution < -0.4 is 10.1 Å². The van der Waals surface area contributed by atoms with Crippen LogP contribution in [-0.2, 0) is 4.79 Å². The van der Waals surface area contributed by atoms with Crippen molar-refractivity contribution in [2.45, 2.75) is 52.7 Å². The quantitative estimate of drug-likeness (QED) is 0.774. The van der Waals surface area contributed by atoms with Gasteiger partial charge in [-0.05, 0) is 37.3 Å². The Bertz CT molecular complexity index is 445. The molecular weight excluding hydrogens is 266 g/mol. The van der Waals surface area contributed by atoms with Crippen molar-refractivity contribution in [2.24, 2.45) is 5.92 Å². The van der Waals surface area contributed by atoms with Crippen LogP contribution >= 0.6 is 0 Å². The van der Waals surface area contributed by atoms with Crippen molar-refractivity contribution in [1.29, 1.82) is 0 Å². The van der Waals surface area contributed by atoms with Gasteiger partial charge in [0, 0.05) is 12.6 Å². The molecule has 4 heteroatoms. The van der Waals surface area contributed by atoms with Crippen LogP contribution in [-0.4, -0.2) is 29.8 Å². The first-order valence-corrected chi connectivity index (χ1v) is 7.63. The Balaban J connectivity index is 2.71. The van der Waals surface area contributed by atoms with Crippen molar-refractivity contribution in [3.8, 4) is 5.75 Å². The summed E-state index contributed by atoms with van der Waals surface area (Å²) < 4.78 is 5.84. The van der Waals surface area contributed by atoms with E-state index < -0.39 is 6.10 Å². The van der Waals surface area contributed by atoms with Crippen molar-refractivity contribution in [2.75, 3.05) is 6.61 Å². The highest BCUT2D eigenvalue weighted by atomic mass is 16.5. The summed E-state index contributed by atoms with van der Waals surface area (Å²) in [6.45, 7) is 8.02. The first kappa shape index (κ1) is 17.5. The summed E-state index contributed by atoms with van der Waals surface area (Å²) in [5, 5.41) is 12.1. The molecule has 2 atom stereocenters. The molecule has 0 aromatic heterocycles. The van der Waals surface area contributed by atoms with Crippen LogP contribution in [0.4, 0.5) is 0 Å². The van der Waals surface area contributed by atoms with Crippen LogP contribution in [0.1, 0.15) is 39.2 Å². The molecular formula is C17H27NO3. The molecule has 0 radical (unpaired) electrons. The highest BCUT2D eigenvalue weighted by Gasteiger charge is 2.23. The van der Waals surface area contributed by atoms with E-state index in [0.29, 0.717) is 12.8 Å². The van der Waals surface area contributed by atoms with E-state index in [1.165, 1.54) is 0 Å². The summed E-state index contributed by atoms with van der Waals surface area (Å²) in [7, 11) is 0. The number of ether oxygens (including phenoxy) is 1. The second-order valence-corrected chi connectivity index (χ2v) is 5.65. The van der Waals surface area contributed by atoms with Crippen LogP contribution in [0.15, 0.2) is 24.3 Å². The van der Waals surface area contributed by atoms with E-state index in [1.807, 2.05) is 52.0 Å². The number of aryl methyl sites for hydroxylation is 1. The summed E-state index contributed by atoms with van der Waals surface area (Å²) in [6, 6.07) is 7.65. The molecule has 0 spiro atoms. The number of nitrogens with one attached hydrogen (secondary N) is 1. The first-order valence-electron chi connectivity index (χ1n) is 7.63. The van der Waals surface area contributed by atoms with Crippen LogP contribution in [0, 0.1) is 12.8 Å². The van der Waals surface area contributed by atoms with Gasteiger partial charge in [-0.15, -0.1) is 0 Å². The summed E-state index contributed by atoms with van der Waals surface area (Å²) >= 11 is 0. The molecule has 2 unspecified atom stereocenters. The monoisotopic (exact) mass is 293 g/mol. The molecule has 1 aromatic rings. The van der Waals surface area contributed by atoms with Crippen molar-refractivity contribution in [3.05, 3.63) is 29.8 Å². The molecule has 1 amide bonds. The lowest BCUT2D eigenvalue weighted by atomic mass is 10.0. The van der Waals surface area contributed by atoms with E-state index in [9.17, 15) is 4.79 Å². The summed E-state index contributed by atoms with van der Waals surface area (Å²) in [5.74, 6) is 0.896. The van der Waals surface area contributed by atoms with Gasteiger partial charge in [0.15, 0.2) is 6.10 Å². The second kappa shape index (κ2) is 8.67. The maximum atomic E-state index is 12.4. The number of aliphatic hydroxyl groups excluding tert-OH is 1. The third-order valence-corrected chi connectivity index (χ3v) is 3.60. The zero-order valence-electron chi connectivity index (χ0n) is 13.4. The number of aliphatic hydroxyl groups is 1. The summed E-state index contributed by atoms with van der Waals surface area (Å²) in [6.07, 6.45) is 0.653. The van der Waals surface area contributed by atoms with E-state index in [2.05, 4.69) is 5.32 Å². The molecule has 0 bridgehead atoms. The Kier molecular flexibility index (Phi) is 7.23. The molecule has 4 nitrogen and oxygen atoms in total. The summed E-state index contributed by atoms with van der Waals surface area (Å²) in [5.41, 5.74) is 1.01. The molecule has 1 rings (SSSR count). The Hall–Kier alpha value is -1.55. The number of para-hydroxylation sites is 1. The summed E-state index contributed by atoms with van der Waals surface area (Å²) in [4.78, 5) is 12.4. The Morgan fingerprint density at radius 2 is 2.00 bits per heavy atom. The van der Waals surface area contributed by atoms with Gasteiger partial charge in [-0.25, -0.2) is 0 Å². The molecule has 0 fully saturated rings. The average molecular weight is 293 g/mol. The Morgan fingerprint density at radius 3 is 2.52 bits per heavy atom. The predicted octanol–water partition coefficient (Wildman–Crippen LogP) is 2.68. The maximum Gasteiger partial charge on any atom is 0.261 e. The lowest BCUT2D eigenvalue weighted by Gasteiger charge is -2.25. The topological polar surface area (TPSA) is 58.6 Å². The van der Waals surface area contributed by atoms with E-state index in [0.717, 1.165) is 11.3 Å². The van der Waals surface area contributed by atoms with Gasteiger partial charge in [0.05, 0.1) is 0 Å². The zero-order chi connectivity index (χ0) is 15.8. The molecule has 118 valence electrons. The first-order chi connectivity index (χ1) is 9.99. The van der Waals surface area contributed by atoms with Gasteiger partial charge in [0.2, 0.25) is 0 Å². The van der Waals surface area contributed by atoms with Crippen molar-refractivity contribution in [1.82, 2.24) is 5.32 Å². The molecule has 21 heavy (non-hydrogen) atoms. The minimum atomic E-state index is -0.508. The van der Waals surface area contributed by atoms with Crippen LogP contribution in [0.3, 0.4) is 0 Å². The number of hydrogen-bond donors (Lipinski definition) is 2. The van der Waals surface area contributed by atoms with Crippen molar-refractivity contribution < 1.29 is 14.6 Å². The molecule has 0 heterocycles. The number of amides is 1. The fourth-order valence-electron chi connectivity index (χ4n) is 2.15. The minimum absolute atomic E-state index is 0.0305.